The molecule has 202 valence electrons. The summed E-state index contributed by atoms with van der Waals surface area (Å²) >= 11 is 6.10. The van der Waals surface area contributed by atoms with Crippen LogP contribution in [-0.4, -0.2) is 81.0 Å². The molecule has 2 heterocycles. The number of benzene rings is 2. The van der Waals surface area contributed by atoms with Crippen molar-refractivity contribution in [2.75, 3.05) is 59.7 Å². The first-order chi connectivity index (χ1) is 18.0. The van der Waals surface area contributed by atoms with Crippen molar-refractivity contribution in [3.05, 3.63) is 59.1 Å². The number of hydrogen-bond acceptors (Lipinski definition) is 6. The van der Waals surface area contributed by atoms with Gasteiger partial charge in [0.25, 0.3) is 0 Å². The third kappa shape index (κ3) is 8.60. The van der Waals surface area contributed by atoms with Crippen LogP contribution in [0.5, 0.6) is 11.5 Å². The van der Waals surface area contributed by atoms with Gasteiger partial charge in [-0.05, 0) is 55.2 Å². The molecule has 2 saturated heterocycles. The fourth-order valence-corrected chi connectivity index (χ4v) is 5.05. The van der Waals surface area contributed by atoms with Crippen molar-refractivity contribution in [2.45, 2.75) is 44.2 Å². The smallest absolute Gasteiger partial charge is 0.222 e. The highest BCUT2D eigenvalue weighted by Gasteiger charge is 2.36. The van der Waals surface area contributed by atoms with Crippen LogP contribution in [0, 0.1) is 0 Å². The minimum absolute atomic E-state index is 0.283. The normalized spacial score (nSPS) is 21.4. The van der Waals surface area contributed by atoms with E-state index in [-0.39, 0.29) is 5.91 Å². The van der Waals surface area contributed by atoms with Gasteiger partial charge in [0.15, 0.2) is 0 Å². The minimum Gasteiger partial charge on any atom is -0.494 e. The van der Waals surface area contributed by atoms with E-state index in [1.165, 1.54) is 5.56 Å². The highest BCUT2D eigenvalue weighted by molar-refractivity contribution is 6.30. The van der Waals surface area contributed by atoms with Gasteiger partial charge < -0.3 is 23.8 Å². The molecule has 37 heavy (non-hydrogen) atoms. The molecule has 1 unspecified atom stereocenters. The van der Waals surface area contributed by atoms with Gasteiger partial charge in [-0.3, -0.25) is 9.69 Å². The number of ether oxygens (including phenoxy) is 4. The summed E-state index contributed by atoms with van der Waals surface area (Å²) in [5.74, 6) is 1.85. The standard InChI is InChI=1S/C29H39ClN2O5/c1-34-29(23-37-27-11-6-9-25(30)19-27)21-31(15-17-35-22-29)20-24-8-5-10-26(18-24)36-16-7-14-32-13-4-2-3-12-28(32)33/h5-6,8-11,18-19H,2-4,7,12-17,20-23H2,1H3. The maximum Gasteiger partial charge on any atom is 0.222 e. The molecule has 8 heteroatoms. The molecular formula is C29H39ClN2O5. The Morgan fingerprint density at radius 1 is 1.03 bits per heavy atom. The molecule has 0 spiro atoms. The summed E-state index contributed by atoms with van der Waals surface area (Å²) in [5.41, 5.74) is 0.584. The number of halogens is 1. The van der Waals surface area contributed by atoms with Crippen LogP contribution >= 0.6 is 11.6 Å². The summed E-state index contributed by atoms with van der Waals surface area (Å²) < 4.78 is 24.0. The van der Waals surface area contributed by atoms with Crippen LogP contribution in [0.4, 0.5) is 0 Å². The highest BCUT2D eigenvalue weighted by atomic mass is 35.5. The van der Waals surface area contributed by atoms with Crippen LogP contribution in [0.15, 0.2) is 48.5 Å². The second-order valence-electron chi connectivity index (χ2n) is 9.94. The van der Waals surface area contributed by atoms with Gasteiger partial charge in [-0.2, -0.15) is 0 Å². The predicted molar refractivity (Wildman–Crippen MR) is 144 cm³/mol. The number of carbonyl (C=O) groups excluding carboxylic acids is 1. The van der Waals surface area contributed by atoms with E-state index in [0.29, 0.717) is 50.2 Å². The molecular weight excluding hydrogens is 492 g/mol. The number of hydrogen-bond donors (Lipinski definition) is 0. The monoisotopic (exact) mass is 530 g/mol. The Morgan fingerprint density at radius 2 is 1.86 bits per heavy atom. The van der Waals surface area contributed by atoms with E-state index in [1.54, 1.807) is 13.2 Å². The first kappa shape index (κ1) is 27.7. The summed E-state index contributed by atoms with van der Waals surface area (Å²) in [6, 6.07) is 15.6. The Bertz CT molecular complexity index is 1010. The van der Waals surface area contributed by atoms with E-state index >= 15 is 0 Å². The molecule has 0 aromatic heterocycles. The van der Waals surface area contributed by atoms with E-state index in [4.69, 9.17) is 30.5 Å². The quantitative estimate of drug-likeness (QED) is 0.389. The van der Waals surface area contributed by atoms with Gasteiger partial charge in [0.05, 0.1) is 19.8 Å². The van der Waals surface area contributed by atoms with Gasteiger partial charge in [-0.15, -0.1) is 0 Å². The fourth-order valence-electron chi connectivity index (χ4n) is 4.87. The zero-order chi connectivity index (χ0) is 25.9. The van der Waals surface area contributed by atoms with Gasteiger partial charge in [0.1, 0.15) is 23.7 Å². The Hall–Kier alpha value is -2.32. The van der Waals surface area contributed by atoms with Crippen LogP contribution in [0.2, 0.25) is 5.02 Å². The molecule has 0 saturated carbocycles. The molecule has 2 aliphatic heterocycles. The van der Waals surface area contributed by atoms with Crippen molar-refractivity contribution in [3.63, 3.8) is 0 Å². The second kappa shape index (κ2) is 14.0. The summed E-state index contributed by atoms with van der Waals surface area (Å²) in [7, 11) is 1.71. The largest absolute Gasteiger partial charge is 0.494 e. The van der Waals surface area contributed by atoms with Gasteiger partial charge in [0, 0.05) is 51.3 Å². The van der Waals surface area contributed by atoms with E-state index in [2.05, 4.69) is 17.0 Å². The fraction of sp³-hybridized carbons (Fsp3) is 0.552. The van der Waals surface area contributed by atoms with E-state index in [0.717, 1.165) is 57.6 Å². The number of carbonyl (C=O) groups is 1. The summed E-state index contributed by atoms with van der Waals surface area (Å²) in [4.78, 5) is 16.5. The zero-order valence-electron chi connectivity index (χ0n) is 21.8. The van der Waals surface area contributed by atoms with Crippen LogP contribution in [0.1, 0.15) is 37.7 Å². The Kier molecular flexibility index (Phi) is 10.5. The van der Waals surface area contributed by atoms with Crippen molar-refractivity contribution in [1.82, 2.24) is 9.80 Å². The van der Waals surface area contributed by atoms with Gasteiger partial charge in [-0.1, -0.05) is 36.2 Å². The average molecular weight is 531 g/mol. The third-order valence-electron chi connectivity index (χ3n) is 6.98. The van der Waals surface area contributed by atoms with Crippen molar-refractivity contribution in [1.29, 1.82) is 0 Å². The lowest BCUT2D eigenvalue weighted by molar-refractivity contribution is -0.130. The van der Waals surface area contributed by atoms with Crippen molar-refractivity contribution < 1.29 is 23.7 Å². The lowest BCUT2D eigenvalue weighted by Gasteiger charge is -2.34. The van der Waals surface area contributed by atoms with Crippen molar-refractivity contribution >= 4 is 17.5 Å². The third-order valence-corrected chi connectivity index (χ3v) is 7.21. The molecule has 2 aliphatic rings. The van der Waals surface area contributed by atoms with E-state index in [9.17, 15) is 4.79 Å². The molecule has 1 atom stereocenters. The molecule has 4 rings (SSSR count). The molecule has 1 amide bonds. The van der Waals surface area contributed by atoms with Crippen molar-refractivity contribution in [2.24, 2.45) is 0 Å². The molecule has 7 nitrogen and oxygen atoms in total. The highest BCUT2D eigenvalue weighted by Crippen LogP contribution is 2.24. The first-order valence-corrected chi connectivity index (χ1v) is 13.7. The Morgan fingerprint density at radius 3 is 2.70 bits per heavy atom. The first-order valence-electron chi connectivity index (χ1n) is 13.3. The van der Waals surface area contributed by atoms with Gasteiger partial charge >= 0.3 is 0 Å². The SMILES string of the molecule is COC1(COc2cccc(Cl)c2)COCCN(Cc2cccc(OCCCN3CCCCCC3=O)c2)C1. The summed E-state index contributed by atoms with van der Waals surface area (Å²) in [6.07, 6.45) is 4.79. The maximum atomic E-state index is 12.2. The van der Waals surface area contributed by atoms with Crippen LogP contribution in [-0.2, 0) is 20.8 Å². The van der Waals surface area contributed by atoms with Gasteiger partial charge in [-0.25, -0.2) is 0 Å². The number of nitrogens with zero attached hydrogens (tertiary/aromatic N) is 2. The lowest BCUT2D eigenvalue weighted by Crippen LogP contribution is -2.50. The van der Waals surface area contributed by atoms with Crippen LogP contribution < -0.4 is 9.47 Å². The summed E-state index contributed by atoms with van der Waals surface area (Å²) in [6.45, 7) is 5.93. The molecule has 2 fully saturated rings. The lowest BCUT2D eigenvalue weighted by atomic mass is 10.1. The van der Waals surface area contributed by atoms with Gasteiger partial charge in [0.2, 0.25) is 5.91 Å². The number of likely N-dealkylation sites (tertiary alicyclic amines) is 1. The Labute approximate surface area is 225 Å². The van der Waals surface area contributed by atoms with Crippen LogP contribution in [0.25, 0.3) is 0 Å². The molecule has 0 radical (unpaired) electrons. The topological polar surface area (TPSA) is 60.5 Å². The zero-order valence-corrected chi connectivity index (χ0v) is 22.6. The molecule has 2 aromatic rings. The molecule has 0 bridgehead atoms. The Balaban J connectivity index is 1.29. The average Bonchev–Trinajstić information content (AvgIpc) is 3.24. The number of amides is 1. The molecule has 2 aromatic carbocycles. The van der Waals surface area contributed by atoms with E-state index in [1.807, 2.05) is 35.2 Å². The van der Waals surface area contributed by atoms with Crippen LogP contribution in [0.3, 0.4) is 0 Å². The molecule has 0 N–H and O–H groups in total. The summed E-state index contributed by atoms with van der Waals surface area (Å²) in [5, 5.41) is 0.639. The number of rotatable bonds is 11. The molecule has 0 aliphatic carbocycles. The second-order valence-corrected chi connectivity index (χ2v) is 10.4. The predicted octanol–water partition coefficient (Wildman–Crippen LogP) is 4.81. The van der Waals surface area contributed by atoms with E-state index < -0.39 is 5.60 Å². The maximum absolute atomic E-state index is 12.2. The number of methoxy groups -OCH3 is 1. The minimum atomic E-state index is -0.586. The van der Waals surface area contributed by atoms with Crippen molar-refractivity contribution in [3.8, 4) is 11.5 Å².